The highest BCUT2D eigenvalue weighted by atomic mass is 16.5. The SMILES string of the molecule is COc1ccc(CC(=O)NCC(C)(C)c2ccc(OC)cc2)cc1. The zero-order valence-corrected chi connectivity index (χ0v) is 14.8. The molecule has 0 fully saturated rings. The van der Waals surface area contributed by atoms with Crippen LogP contribution in [0.4, 0.5) is 0 Å². The summed E-state index contributed by atoms with van der Waals surface area (Å²) in [5, 5.41) is 3.03. The predicted molar refractivity (Wildman–Crippen MR) is 95.7 cm³/mol. The molecule has 0 saturated carbocycles. The first-order valence-electron chi connectivity index (χ1n) is 7.99. The van der Waals surface area contributed by atoms with Crippen LogP contribution in [0.3, 0.4) is 0 Å². The number of amides is 1. The van der Waals surface area contributed by atoms with Gasteiger partial charge in [0.05, 0.1) is 20.6 Å². The van der Waals surface area contributed by atoms with E-state index in [4.69, 9.17) is 9.47 Å². The Morgan fingerprint density at radius 2 is 1.42 bits per heavy atom. The molecule has 1 amide bonds. The fourth-order valence-electron chi connectivity index (χ4n) is 2.46. The van der Waals surface area contributed by atoms with Crippen molar-refractivity contribution in [1.82, 2.24) is 5.32 Å². The third-order valence-electron chi connectivity index (χ3n) is 4.12. The lowest BCUT2D eigenvalue weighted by atomic mass is 9.84. The number of methoxy groups -OCH3 is 2. The zero-order chi connectivity index (χ0) is 17.6. The minimum atomic E-state index is -0.151. The number of nitrogens with one attached hydrogen (secondary N) is 1. The van der Waals surface area contributed by atoms with Crippen LogP contribution in [-0.4, -0.2) is 26.7 Å². The Morgan fingerprint density at radius 1 is 0.917 bits per heavy atom. The summed E-state index contributed by atoms with van der Waals surface area (Å²) in [5.41, 5.74) is 1.98. The average molecular weight is 327 g/mol. The molecule has 0 aliphatic carbocycles. The van der Waals surface area contributed by atoms with E-state index in [1.54, 1.807) is 14.2 Å². The Morgan fingerprint density at radius 3 is 1.92 bits per heavy atom. The van der Waals surface area contributed by atoms with Gasteiger partial charge in [-0.2, -0.15) is 0 Å². The lowest BCUT2D eigenvalue weighted by Gasteiger charge is -2.26. The van der Waals surface area contributed by atoms with Gasteiger partial charge in [-0.25, -0.2) is 0 Å². The topological polar surface area (TPSA) is 47.6 Å². The molecule has 0 heterocycles. The first-order chi connectivity index (χ1) is 11.4. The van der Waals surface area contributed by atoms with Crippen molar-refractivity contribution in [3.8, 4) is 11.5 Å². The molecule has 0 bridgehead atoms. The fraction of sp³-hybridized carbons (Fsp3) is 0.350. The van der Waals surface area contributed by atoms with Crippen molar-refractivity contribution in [3.63, 3.8) is 0 Å². The van der Waals surface area contributed by atoms with Crippen LogP contribution in [0.5, 0.6) is 11.5 Å². The van der Waals surface area contributed by atoms with Gasteiger partial charge in [-0.3, -0.25) is 4.79 Å². The third-order valence-corrected chi connectivity index (χ3v) is 4.12. The van der Waals surface area contributed by atoms with Gasteiger partial charge in [-0.05, 0) is 35.4 Å². The van der Waals surface area contributed by atoms with Crippen LogP contribution < -0.4 is 14.8 Å². The minimum absolute atomic E-state index is 0.0155. The van der Waals surface area contributed by atoms with Crippen LogP contribution >= 0.6 is 0 Å². The summed E-state index contributed by atoms with van der Waals surface area (Å²) < 4.78 is 10.3. The van der Waals surface area contributed by atoms with E-state index >= 15 is 0 Å². The smallest absolute Gasteiger partial charge is 0.224 e. The van der Waals surface area contributed by atoms with Gasteiger partial charge >= 0.3 is 0 Å². The van der Waals surface area contributed by atoms with E-state index in [9.17, 15) is 4.79 Å². The van der Waals surface area contributed by atoms with Gasteiger partial charge in [0.1, 0.15) is 11.5 Å². The predicted octanol–water partition coefficient (Wildman–Crippen LogP) is 3.34. The summed E-state index contributed by atoms with van der Waals surface area (Å²) in [6, 6.07) is 15.5. The van der Waals surface area contributed by atoms with Crippen molar-refractivity contribution >= 4 is 5.91 Å². The van der Waals surface area contributed by atoms with Crippen LogP contribution in [0.2, 0.25) is 0 Å². The highest BCUT2D eigenvalue weighted by molar-refractivity contribution is 5.78. The quantitative estimate of drug-likeness (QED) is 0.848. The number of carbonyl (C=O) groups excluding carboxylic acids is 1. The molecule has 0 unspecified atom stereocenters. The number of hydrogen-bond donors (Lipinski definition) is 1. The highest BCUT2D eigenvalue weighted by Gasteiger charge is 2.21. The summed E-state index contributed by atoms with van der Waals surface area (Å²) in [7, 11) is 3.28. The van der Waals surface area contributed by atoms with Crippen molar-refractivity contribution in [2.24, 2.45) is 0 Å². The van der Waals surface area contributed by atoms with Crippen LogP contribution in [0.1, 0.15) is 25.0 Å². The normalized spacial score (nSPS) is 11.0. The molecule has 4 nitrogen and oxygen atoms in total. The summed E-state index contributed by atoms with van der Waals surface area (Å²) in [5.74, 6) is 1.64. The van der Waals surface area contributed by atoms with Gasteiger partial charge in [-0.15, -0.1) is 0 Å². The van der Waals surface area contributed by atoms with E-state index < -0.39 is 0 Å². The Balaban J connectivity index is 1.91. The molecule has 0 aliphatic rings. The number of carbonyl (C=O) groups is 1. The van der Waals surface area contributed by atoms with Crippen molar-refractivity contribution in [2.45, 2.75) is 25.7 Å². The van der Waals surface area contributed by atoms with Crippen molar-refractivity contribution in [2.75, 3.05) is 20.8 Å². The standard InChI is InChI=1S/C20H25NO3/c1-20(2,16-7-11-18(24-4)12-8-16)14-21-19(22)13-15-5-9-17(23-3)10-6-15/h5-12H,13-14H2,1-4H3,(H,21,22). The van der Waals surface area contributed by atoms with E-state index in [2.05, 4.69) is 19.2 Å². The van der Waals surface area contributed by atoms with Gasteiger partial charge in [0.15, 0.2) is 0 Å². The molecule has 0 spiro atoms. The van der Waals surface area contributed by atoms with Crippen LogP contribution in [0.15, 0.2) is 48.5 Å². The van der Waals surface area contributed by atoms with Gasteiger partial charge < -0.3 is 14.8 Å². The van der Waals surface area contributed by atoms with Gasteiger partial charge in [-0.1, -0.05) is 38.1 Å². The van der Waals surface area contributed by atoms with Gasteiger partial charge in [0.25, 0.3) is 0 Å². The third kappa shape index (κ3) is 4.75. The average Bonchev–Trinajstić information content (AvgIpc) is 2.61. The zero-order valence-electron chi connectivity index (χ0n) is 14.8. The van der Waals surface area contributed by atoms with Crippen LogP contribution in [0.25, 0.3) is 0 Å². The second-order valence-electron chi connectivity index (χ2n) is 6.41. The molecule has 0 atom stereocenters. The largest absolute Gasteiger partial charge is 0.497 e. The maximum atomic E-state index is 12.2. The maximum Gasteiger partial charge on any atom is 0.224 e. The number of rotatable bonds is 7. The van der Waals surface area contributed by atoms with E-state index in [1.807, 2.05) is 48.5 Å². The minimum Gasteiger partial charge on any atom is -0.497 e. The van der Waals surface area contributed by atoms with Crippen molar-refractivity contribution in [3.05, 3.63) is 59.7 Å². The molecule has 0 radical (unpaired) electrons. The van der Waals surface area contributed by atoms with Crippen molar-refractivity contribution < 1.29 is 14.3 Å². The molecule has 2 aromatic carbocycles. The molecule has 4 heteroatoms. The molecule has 0 aliphatic heterocycles. The molecule has 0 saturated heterocycles. The summed E-state index contributed by atoms with van der Waals surface area (Å²) in [6.07, 6.45) is 0.364. The number of hydrogen-bond acceptors (Lipinski definition) is 3. The molecule has 128 valence electrons. The van der Waals surface area contributed by atoms with Crippen LogP contribution in [0, 0.1) is 0 Å². The lowest BCUT2D eigenvalue weighted by molar-refractivity contribution is -0.120. The monoisotopic (exact) mass is 327 g/mol. The molecular weight excluding hydrogens is 302 g/mol. The Bertz CT molecular complexity index is 660. The molecule has 1 N–H and O–H groups in total. The number of ether oxygens (including phenoxy) is 2. The maximum absolute atomic E-state index is 12.2. The Labute approximate surface area is 143 Å². The Kier molecular flexibility index (Phi) is 5.85. The van der Waals surface area contributed by atoms with E-state index in [-0.39, 0.29) is 11.3 Å². The summed E-state index contributed by atoms with van der Waals surface area (Å²) in [4.78, 5) is 12.2. The summed E-state index contributed by atoms with van der Waals surface area (Å²) in [6.45, 7) is 4.80. The lowest BCUT2D eigenvalue weighted by Crippen LogP contribution is -2.37. The first kappa shape index (κ1) is 17.9. The second kappa shape index (κ2) is 7.86. The molecule has 24 heavy (non-hydrogen) atoms. The highest BCUT2D eigenvalue weighted by Crippen LogP contribution is 2.24. The molecule has 0 aromatic heterocycles. The van der Waals surface area contributed by atoms with Gasteiger partial charge in [0, 0.05) is 12.0 Å². The molecule has 2 aromatic rings. The van der Waals surface area contributed by atoms with E-state index in [1.165, 1.54) is 0 Å². The van der Waals surface area contributed by atoms with Crippen molar-refractivity contribution in [1.29, 1.82) is 0 Å². The van der Waals surface area contributed by atoms with E-state index in [0.717, 1.165) is 22.6 Å². The first-order valence-corrected chi connectivity index (χ1v) is 7.99. The second-order valence-corrected chi connectivity index (χ2v) is 6.41. The summed E-state index contributed by atoms with van der Waals surface area (Å²) >= 11 is 0. The molecular formula is C20H25NO3. The van der Waals surface area contributed by atoms with Gasteiger partial charge in [0.2, 0.25) is 5.91 Å². The van der Waals surface area contributed by atoms with E-state index in [0.29, 0.717) is 13.0 Å². The number of benzene rings is 2. The Hall–Kier alpha value is -2.49. The van der Waals surface area contributed by atoms with Crippen LogP contribution in [-0.2, 0) is 16.6 Å². The fourth-order valence-corrected chi connectivity index (χ4v) is 2.46. The molecule has 2 rings (SSSR count).